The zero-order valence-electron chi connectivity index (χ0n) is 12.7. The molecule has 1 aromatic carbocycles. The van der Waals surface area contributed by atoms with Crippen LogP contribution in [0, 0.1) is 5.82 Å². The number of sulfone groups is 1. The summed E-state index contributed by atoms with van der Waals surface area (Å²) in [6.45, 7) is 0. The highest BCUT2D eigenvalue weighted by Gasteiger charge is 2.16. The van der Waals surface area contributed by atoms with Gasteiger partial charge in [0.2, 0.25) is 11.7 Å². The van der Waals surface area contributed by atoms with Crippen molar-refractivity contribution in [3.63, 3.8) is 0 Å². The van der Waals surface area contributed by atoms with E-state index in [1.54, 1.807) is 6.07 Å². The van der Waals surface area contributed by atoms with Crippen LogP contribution in [0.1, 0.15) is 17.9 Å². The summed E-state index contributed by atoms with van der Waals surface area (Å²) in [6, 6.07) is 9.68. The van der Waals surface area contributed by atoms with Crippen LogP contribution in [0.4, 0.5) is 4.39 Å². The quantitative estimate of drug-likeness (QED) is 0.640. The Hall–Kier alpha value is -2.06. The van der Waals surface area contributed by atoms with E-state index in [-0.39, 0.29) is 17.1 Å². The third-order valence-corrected chi connectivity index (χ3v) is 5.92. The zero-order valence-corrected chi connectivity index (χ0v) is 14.3. The Morgan fingerprint density at radius 2 is 2.00 bits per heavy atom. The highest BCUT2D eigenvalue weighted by atomic mass is 32.2. The van der Waals surface area contributed by atoms with Gasteiger partial charge in [0.25, 0.3) is 0 Å². The molecule has 0 saturated heterocycles. The summed E-state index contributed by atoms with van der Waals surface area (Å²) < 4.78 is 42.9. The molecule has 0 bridgehead atoms. The topological polar surface area (TPSA) is 73.1 Å². The average molecular weight is 366 g/mol. The Morgan fingerprint density at radius 1 is 1.17 bits per heavy atom. The lowest BCUT2D eigenvalue weighted by Crippen LogP contribution is -2.11. The minimum absolute atomic E-state index is 0.0575. The van der Waals surface area contributed by atoms with Gasteiger partial charge in [-0.05, 0) is 23.9 Å². The van der Waals surface area contributed by atoms with Crippen molar-refractivity contribution < 1.29 is 17.3 Å². The Bertz CT molecular complexity index is 905. The summed E-state index contributed by atoms with van der Waals surface area (Å²) in [5.74, 6) is 0.0504. The lowest BCUT2D eigenvalue weighted by Gasteiger charge is -2.04. The number of hydrogen-bond acceptors (Lipinski definition) is 6. The predicted octanol–water partition coefficient (Wildman–Crippen LogP) is 3.48. The molecule has 0 radical (unpaired) electrons. The lowest BCUT2D eigenvalue weighted by molar-refractivity contribution is 0.378. The molecular formula is C16H15FN2O3S2. The molecule has 5 nitrogen and oxygen atoms in total. The number of rotatable bonds is 7. The summed E-state index contributed by atoms with van der Waals surface area (Å²) in [5, 5.41) is 5.80. The maximum atomic E-state index is 13.5. The SMILES string of the molecule is O=S(=O)(CCCc1nc(-c2cccs2)no1)Cc1ccccc1F. The molecule has 24 heavy (non-hydrogen) atoms. The molecule has 0 N–H and O–H groups in total. The minimum Gasteiger partial charge on any atom is -0.339 e. The largest absolute Gasteiger partial charge is 0.339 e. The standard InChI is InChI=1S/C16H15FN2O3S2/c17-13-6-2-1-5-12(13)11-24(20,21)10-4-8-15-18-16(19-22-15)14-7-3-9-23-14/h1-3,5-7,9H,4,8,10-11H2. The molecular weight excluding hydrogens is 351 g/mol. The van der Waals surface area contributed by atoms with Crippen molar-refractivity contribution in [2.75, 3.05) is 5.75 Å². The molecule has 3 aromatic rings. The first-order valence-electron chi connectivity index (χ1n) is 7.34. The number of halogens is 1. The van der Waals surface area contributed by atoms with E-state index in [2.05, 4.69) is 10.1 Å². The van der Waals surface area contributed by atoms with E-state index in [9.17, 15) is 12.8 Å². The van der Waals surface area contributed by atoms with E-state index in [0.29, 0.717) is 24.6 Å². The lowest BCUT2D eigenvalue weighted by atomic mass is 10.2. The van der Waals surface area contributed by atoms with Crippen LogP contribution in [0.3, 0.4) is 0 Å². The van der Waals surface area contributed by atoms with Crippen molar-refractivity contribution in [1.82, 2.24) is 10.1 Å². The van der Waals surface area contributed by atoms with Crippen LogP contribution < -0.4 is 0 Å². The normalized spacial score (nSPS) is 11.7. The van der Waals surface area contributed by atoms with Crippen molar-refractivity contribution in [3.8, 4) is 10.7 Å². The van der Waals surface area contributed by atoms with Crippen LogP contribution in [0.25, 0.3) is 10.7 Å². The zero-order chi connectivity index (χ0) is 17.0. The van der Waals surface area contributed by atoms with Crippen LogP contribution in [0.5, 0.6) is 0 Å². The fourth-order valence-corrected chi connectivity index (χ4v) is 4.32. The van der Waals surface area contributed by atoms with Gasteiger partial charge in [-0.3, -0.25) is 0 Å². The van der Waals surface area contributed by atoms with Gasteiger partial charge in [0, 0.05) is 12.0 Å². The number of hydrogen-bond donors (Lipinski definition) is 0. The van der Waals surface area contributed by atoms with E-state index in [4.69, 9.17) is 4.52 Å². The second-order valence-electron chi connectivity index (χ2n) is 5.28. The molecule has 0 amide bonds. The van der Waals surface area contributed by atoms with E-state index in [0.717, 1.165) is 4.88 Å². The van der Waals surface area contributed by atoms with Crippen LogP contribution in [0.15, 0.2) is 46.3 Å². The molecule has 0 atom stereocenters. The van der Waals surface area contributed by atoms with Crippen LogP contribution in [-0.4, -0.2) is 24.3 Å². The maximum Gasteiger partial charge on any atom is 0.227 e. The number of nitrogens with zero attached hydrogens (tertiary/aromatic N) is 2. The molecule has 3 rings (SSSR count). The van der Waals surface area contributed by atoms with Gasteiger partial charge in [0.05, 0.1) is 16.4 Å². The van der Waals surface area contributed by atoms with Gasteiger partial charge in [0.1, 0.15) is 5.82 Å². The smallest absolute Gasteiger partial charge is 0.227 e. The van der Waals surface area contributed by atoms with Crippen molar-refractivity contribution in [2.24, 2.45) is 0 Å². The number of aromatic nitrogens is 2. The monoisotopic (exact) mass is 366 g/mol. The number of benzene rings is 1. The Balaban J connectivity index is 1.55. The van der Waals surface area contributed by atoms with E-state index in [1.165, 1.54) is 29.5 Å². The van der Waals surface area contributed by atoms with Crippen molar-refractivity contribution in [3.05, 3.63) is 59.0 Å². The molecule has 0 aliphatic carbocycles. The third kappa shape index (κ3) is 4.27. The molecule has 0 aliphatic heterocycles. The summed E-state index contributed by atoms with van der Waals surface area (Å²) in [4.78, 5) is 5.15. The van der Waals surface area contributed by atoms with Crippen LogP contribution in [0.2, 0.25) is 0 Å². The fraction of sp³-hybridized carbons (Fsp3) is 0.250. The number of aryl methyl sites for hydroxylation is 1. The fourth-order valence-electron chi connectivity index (χ4n) is 2.23. The highest BCUT2D eigenvalue weighted by Crippen LogP contribution is 2.21. The highest BCUT2D eigenvalue weighted by molar-refractivity contribution is 7.90. The Labute approximate surface area is 143 Å². The summed E-state index contributed by atoms with van der Waals surface area (Å²) in [6.07, 6.45) is 0.720. The first-order valence-corrected chi connectivity index (χ1v) is 10.0. The predicted molar refractivity (Wildman–Crippen MR) is 89.8 cm³/mol. The van der Waals surface area contributed by atoms with Crippen molar-refractivity contribution in [2.45, 2.75) is 18.6 Å². The molecule has 2 heterocycles. The average Bonchev–Trinajstić information content (AvgIpc) is 3.20. The second-order valence-corrected chi connectivity index (χ2v) is 8.41. The Kier molecular flexibility index (Phi) is 5.06. The van der Waals surface area contributed by atoms with Gasteiger partial charge in [0.15, 0.2) is 9.84 Å². The van der Waals surface area contributed by atoms with Gasteiger partial charge in [-0.25, -0.2) is 12.8 Å². The van der Waals surface area contributed by atoms with Gasteiger partial charge in [-0.1, -0.05) is 29.4 Å². The van der Waals surface area contributed by atoms with Crippen LogP contribution >= 0.6 is 11.3 Å². The summed E-state index contributed by atoms with van der Waals surface area (Å²) in [5.41, 5.74) is 0.190. The van der Waals surface area contributed by atoms with Gasteiger partial charge < -0.3 is 4.52 Å². The molecule has 8 heteroatoms. The molecule has 126 valence electrons. The van der Waals surface area contributed by atoms with Gasteiger partial charge >= 0.3 is 0 Å². The molecule has 0 spiro atoms. The molecule has 0 fully saturated rings. The summed E-state index contributed by atoms with van der Waals surface area (Å²) in [7, 11) is -3.39. The number of thiophene rings is 1. The molecule has 0 aliphatic rings. The minimum atomic E-state index is -3.39. The van der Waals surface area contributed by atoms with Crippen LogP contribution in [-0.2, 0) is 22.0 Å². The van der Waals surface area contributed by atoms with Gasteiger partial charge in [-0.2, -0.15) is 4.98 Å². The Morgan fingerprint density at radius 3 is 2.75 bits per heavy atom. The van der Waals surface area contributed by atoms with E-state index < -0.39 is 15.7 Å². The second kappa shape index (κ2) is 7.23. The first-order chi connectivity index (χ1) is 11.5. The molecule has 0 saturated carbocycles. The molecule has 2 aromatic heterocycles. The maximum absolute atomic E-state index is 13.5. The van der Waals surface area contributed by atoms with Crippen molar-refractivity contribution in [1.29, 1.82) is 0 Å². The third-order valence-electron chi connectivity index (χ3n) is 3.39. The van der Waals surface area contributed by atoms with E-state index in [1.807, 2.05) is 17.5 Å². The van der Waals surface area contributed by atoms with Gasteiger partial charge in [-0.15, -0.1) is 11.3 Å². The first kappa shape index (κ1) is 16.8. The summed E-state index contributed by atoms with van der Waals surface area (Å²) >= 11 is 1.50. The molecule has 0 unspecified atom stereocenters. The van der Waals surface area contributed by atoms with E-state index >= 15 is 0 Å². The van der Waals surface area contributed by atoms with Crippen molar-refractivity contribution >= 4 is 21.2 Å².